The summed E-state index contributed by atoms with van der Waals surface area (Å²) in [6.45, 7) is 4.12. The summed E-state index contributed by atoms with van der Waals surface area (Å²) < 4.78 is 8.29. The summed E-state index contributed by atoms with van der Waals surface area (Å²) in [5.41, 5.74) is 8.49. The van der Waals surface area contributed by atoms with Crippen molar-refractivity contribution in [2.45, 2.75) is 32.4 Å². The summed E-state index contributed by atoms with van der Waals surface area (Å²) in [5.74, 6) is 0.838. The lowest BCUT2D eigenvalue weighted by atomic mass is 10.0. The van der Waals surface area contributed by atoms with Gasteiger partial charge in [0.05, 0.1) is 0 Å². The maximum atomic E-state index is 6.27. The van der Waals surface area contributed by atoms with Gasteiger partial charge in [-0.05, 0) is 54.8 Å². The molecule has 0 radical (unpaired) electrons. The van der Waals surface area contributed by atoms with E-state index >= 15 is 0 Å². The van der Waals surface area contributed by atoms with Gasteiger partial charge in [-0.1, -0.05) is 50.9 Å². The predicted molar refractivity (Wildman–Crippen MR) is 94.7 cm³/mol. The molecule has 0 bridgehead atoms. The minimum absolute atomic E-state index is 0.0525. The van der Waals surface area contributed by atoms with Crippen LogP contribution >= 0.6 is 31.9 Å². The van der Waals surface area contributed by atoms with Gasteiger partial charge in [-0.25, -0.2) is 0 Å². The fourth-order valence-corrected chi connectivity index (χ4v) is 2.80. The number of hydrogen-bond donors (Lipinski definition) is 1. The molecule has 0 fully saturated rings. The van der Waals surface area contributed by atoms with Crippen LogP contribution in [0, 0.1) is 6.92 Å². The molecular weight excluding hydrogens is 394 g/mol. The highest BCUT2D eigenvalue weighted by molar-refractivity contribution is 9.10. The van der Waals surface area contributed by atoms with E-state index in [1.165, 1.54) is 0 Å². The SMILES string of the molecule is CCC(N)C(Oc1ccc(Br)c(C)c1)c1cccc(Br)c1. The van der Waals surface area contributed by atoms with E-state index < -0.39 is 0 Å². The number of benzene rings is 2. The second kappa shape index (κ2) is 7.43. The second-order valence-corrected chi connectivity index (χ2v) is 6.85. The number of halogens is 2. The quantitative estimate of drug-likeness (QED) is 0.715. The van der Waals surface area contributed by atoms with E-state index in [1.54, 1.807) is 0 Å². The molecule has 2 N–H and O–H groups in total. The summed E-state index contributed by atoms with van der Waals surface area (Å²) >= 11 is 7.01. The normalized spacial score (nSPS) is 13.8. The van der Waals surface area contributed by atoms with Crippen LogP contribution in [0.4, 0.5) is 0 Å². The second-order valence-electron chi connectivity index (χ2n) is 5.08. The van der Waals surface area contributed by atoms with Gasteiger partial charge in [0.1, 0.15) is 11.9 Å². The van der Waals surface area contributed by atoms with E-state index in [4.69, 9.17) is 10.5 Å². The first-order valence-corrected chi connectivity index (χ1v) is 8.53. The van der Waals surface area contributed by atoms with E-state index in [1.807, 2.05) is 37.3 Å². The Hall–Kier alpha value is -0.840. The van der Waals surface area contributed by atoms with Crippen molar-refractivity contribution in [2.24, 2.45) is 5.73 Å². The van der Waals surface area contributed by atoms with Gasteiger partial charge in [-0.3, -0.25) is 0 Å². The lowest BCUT2D eigenvalue weighted by Gasteiger charge is -2.25. The maximum absolute atomic E-state index is 6.27. The average Bonchev–Trinajstić information content (AvgIpc) is 2.47. The number of nitrogens with two attached hydrogens (primary N) is 1. The molecule has 0 aliphatic carbocycles. The highest BCUT2D eigenvalue weighted by Gasteiger charge is 2.21. The van der Waals surface area contributed by atoms with Crippen LogP contribution in [0.5, 0.6) is 5.75 Å². The zero-order valence-electron chi connectivity index (χ0n) is 12.1. The van der Waals surface area contributed by atoms with Gasteiger partial charge in [-0.2, -0.15) is 0 Å². The summed E-state index contributed by atoms with van der Waals surface area (Å²) in [4.78, 5) is 0. The van der Waals surface area contributed by atoms with Crippen LogP contribution in [0.1, 0.15) is 30.6 Å². The first-order valence-electron chi connectivity index (χ1n) is 6.95. The van der Waals surface area contributed by atoms with Gasteiger partial charge < -0.3 is 10.5 Å². The molecule has 2 aromatic carbocycles. The van der Waals surface area contributed by atoms with Gasteiger partial charge >= 0.3 is 0 Å². The smallest absolute Gasteiger partial charge is 0.139 e. The van der Waals surface area contributed by atoms with Gasteiger partial charge in [-0.15, -0.1) is 0 Å². The molecule has 2 aromatic rings. The van der Waals surface area contributed by atoms with Gasteiger partial charge in [0, 0.05) is 15.0 Å². The summed E-state index contributed by atoms with van der Waals surface area (Å²) in [6, 6.07) is 14.1. The van der Waals surface area contributed by atoms with E-state index in [0.717, 1.165) is 32.2 Å². The monoisotopic (exact) mass is 411 g/mol. The molecule has 0 aliphatic heterocycles. The van der Waals surface area contributed by atoms with Crippen LogP contribution in [0.2, 0.25) is 0 Å². The van der Waals surface area contributed by atoms with Crippen molar-refractivity contribution in [2.75, 3.05) is 0 Å². The maximum Gasteiger partial charge on any atom is 0.139 e. The average molecular weight is 413 g/mol. The number of hydrogen-bond acceptors (Lipinski definition) is 2. The molecule has 2 nitrogen and oxygen atoms in total. The van der Waals surface area contributed by atoms with Crippen molar-refractivity contribution < 1.29 is 4.74 Å². The first kappa shape index (κ1) is 16.5. The Bertz CT molecular complexity index is 615. The van der Waals surface area contributed by atoms with Crippen LogP contribution in [0.25, 0.3) is 0 Å². The van der Waals surface area contributed by atoms with Gasteiger partial charge in [0.25, 0.3) is 0 Å². The highest BCUT2D eigenvalue weighted by Crippen LogP contribution is 2.29. The van der Waals surface area contributed by atoms with Crippen LogP contribution in [-0.4, -0.2) is 6.04 Å². The third-order valence-corrected chi connectivity index (χ3v) is 4.81. The molecule has 0 spiro atoms. The summed E-state index contributed by atoms with van der Waals surface area (Å²) in [6.07, 6.45) is 0.695. The molecule has 0 saturated heterocycles. The Balaban J connectivity index is 2.30. The zero-order chi connectivity index (χ0) is 15.4. The standard InChI is InChI=1S/C17H19Br2NO/c1-3-16(20)17(12-5-4-6-13(18)10-12)21-14-7-8-15(19)11(2)9-14/h4-10,16-17H,3,20H2,1-2H3. The van der Waals surface area contributed by atoms with E-state index in [9.17, 15) is 0 Å². The predicted octanol–water partition coefficient (Wildman–Crippen LogP) is 5.38. The largest absolute Gasteiger partial charge is 0.484 e. The molecule has 0 aliphatic rings. The van der Waals surface area contributed by atoms with Crippen LogP contribution < -0.4 is 10.5 Å². The highest BCUT2D eigenvalue weighted by atomic mass is 79.9. The van der Waals surface area contributed by atoms with E-state index in [0.29, 0.717) is 0 Å². The van der Waals surface area contributed by atoms with E-state index in [-0.39, 0.29) is 12.1 Å². The molecule has 2 atom stereocenters. The minimum atomic E-state index is -0.159. The van der Waals surface area contributed by atoms with Crippen LogP contribution in [0.15, 0.2) is 51.4 Å². The van der Waals surface area contributed by atoms with Crippen LogP contribution in [0.3, 0.4) is 0 Å². The van der Waals surface area contributed by atoms with Crippen molar-refractivity contribution in [1.29, 1.82) is 0 Å². The van der Waals surface area contributed by atoms with Crippen molar-refractivity contribution in [3.05, 3.63) is 62.5 Å². The fraction of sp³-hybridized carbons (Fsp3) is 0.294. The molecule has 4 heteroatoms. The molecule has 112 valence electrons. The molecule has 21 heavy (non-hydrogen) atoms. The molecule has 0 aromatic heterocycles. The van der Waals surface area contributed by atoms with Crippen molar-refractivity contribution in [1.82, 2.24) is 0 Å². The zero-order valence-corrected chi connectivity index (χ0v) is 15.3. The van der Waals surface area contributed by atoms with Crippen molar-refractivity contribution >= 4 is 31.9 Å². The lowest BCUT2D eigenvalue weighted by molar-refractivity contribution is 0.171. The molecular formula is C17H19Br2NO. The van der Waals surface area contributed by atoms with E-state index in [2.05, 4.69) is 50.9 Å². The van der Waals surface area contributed by atoms with Crippen molar-refractivity contribution in [3.8, 4) is 5.75 Å². The lowest BCUT2D eigenvalue weighted by Crippen LogP contribution is -2.31. The Morgan fingerprint density at radius 2 is 1.90 bits per heavy atom. The molecule has 0 heterocycles. The molecule has 2 unspecified atom stereocenters. The third kappa shape index (κ3) is 4.31. The molecule has 0 saturated carbocycles. The Morgan fingerprint density at radius 1 is 1.14 bits per heavy atom. The van der Waals surface area contributed by atoms with Gasteiger partial charge in [0.2, 0.25) is 0 Å². The number of ether oxygens (including phenoxy) is 1. The Labute approximate surface area is 143 Å². The van der Waals surface area contributed by atoms with Crippen LogP contribution in [-0.2, 0) is 0 Å². The summed E-state index contributed by atoms with van der Waals surface area (Å²) in [7, 11) is 0. The van der Waals surface area contributed by atoms with Crippen molar-refractivity contribution in [3.63, 3.8) is 0 Å². The number of rotatable bonds is 5. The molecule has 2 rings (SSSR count). The molecule has 0 amide bonds. The third-order valence-electron chi connectivity index (χ3n) is 3.43. The Morgan fingerprint density at radius 3 is 2.52 bits per heavy atom. The van der Waals surface area contributed by atoms with Gasteiger partial charge in [0.15, 0.2) is 0 Å². The number of aryl methyl sites for hydroxylation is 1. The first-order chi connectivity index (χ1) is 10.0. The minimum Gasteiger partial charge on any atom is -0.484 e. The summed E-state index contributed by atoms with van der Waals surface area (Å²) in [5, 5.41) is 0. The fourth-order valence-electron chi connectivity index (χ4n) is 2.14. The topological polar surface area (TPSA) is 35.2 Å². The Kier molecular flexibility index (Phi) is 5.85.